The molecule has 0 bridgehead atoms. The molecule has 2 N–H and O–H groups in total. The Morgan fingerprint density at radius 1 is 1.32 bits per heavy atom. The molecular weight excluding hydrogens is 236 g/mol. The normalized spacial score (nSPS) is 13.5. The highest BCUT2D eigenvalue weighted by Gasteiger charge is 2.20. The van der Waals surface area contributed by atoms with Crippen LogP contribution < -0.4 is 5.32 Å². The van der Waals surface area contributed by atoms with Crippen LogP contribution in [0.4, 0.5) is 0 Å². The summed E-state index contributed by atoms with van der Waals surface area (Å²) in [7, 11) is 0. The summed E-state index contributed by atoms with van der Waals surface area (Å²) in [5.41, 5.74) is 1.91. The number of nitrogens with one attached hydrogen (secondary N) is 2. The molecule has 19 heavy (non-hydrogen) atoms. The number of amides is 1. The summed E-state index contributed by atoms with van der Waals surface area (Å²) in [4.78, 5) is 15.2. The Hall–Kier alpha value is -1.77. The first-order valence-electron chi connectivity index (χ1n) is 6.73. The molecule has 0 fully saturated rings. The molecule has 2 aromatic rings. The van der Waals surface area contributed by atoms with Gasteiger partial charge in [0, 0.05) is 23.8 Å². The molecule has 1 heterocycles. The zero-order chi connectivity index (χ0) is 14.0. The molecule has 1 amide bonds. The number of carbonyl (C=O) groups is 1. The van der Waals surface area contributed by atoms with Gasteiger partial charge in [0.25, 0.3) is 5.91 Å². The first-order chi connectivity index (χ1) is 8.88. The Bertz CT molecular complexity index is 578. The second kappa shape index (κ2) is 5.08. The minimum Gasteiger partial charge on any atom is -0.361 e. The maximum absolute atomic E-state index is 12.1. The predicted molar refractivity (Wildman–Crippen MR) is 79.3 cm³/mol. The molecule has 1 unspecified atom stereocenters. The summed E-state index contributed by atoms with van der Waals surface area (Å²) in [6, 6.07) is 7.73. The standard InChI is InChI=1S/C16H22N2O/c1-11(16(2,3)4)10-18-15(19)13-6-5-12-7-8-17-14(12)9-13/h5-9,11,17H,10H2,1-4H3,(H,18,19). The van der Waals surface area contributed by atoms with E-state index in [1.807, 2.05) is 30.5 Å². The van der Waals surface area contributed by atoms with Gasteiger partial charge in [0.15, 0.2) is 0 Å². The third kappa shape index (κ3) is 3.16. The van der Waals surface area contributed by atoms with E-state index in [1.165, 1.54) is 0 Å². The molecule has 2 rings (SSSR count). The van der Waals surface area contributed by atoms with Crippen molar-refractivity contribution in [2.24, 2.45) is 11.3 Å². The summed E-state index contributed by atoms with van der Waals surface area (Å²) in [6.07, 6.45) is 1.88. The van der Waals surface area contributed by atoms with Gasteiger partial charge >= 0.3 is 0 Å². The van der Waals surface area contributed by atoms with E-state index in [1.54, 1.807) is 0 Å². The van der Waals surface area contributed by atoms with E-state index in [-0.39, 0.29) is 11.3 Å². The zero-order valence-electron chi connectivity index (χ0n) is 12.1. The minimum absolute atomic E-state index is 0.00685. The number of hydrogen-bond donors (Lipinski definition) is 2. The maximum atomic E-state index is 12.1. The van der Waals surface area contributed by atoms with Crippen LogP contribution in [0.3, 0.4) is 0 Å². The summed E-state index contributed by atoms with van der Waals surface area (Å²) in [5.74, 6) is 0.429. The van der Waals surface area contributed by atoms with E-state index in [0.717, 1.165) is 10.9 Å². The molecule has 1 aromatic heterocycles. The van der Waals surface area contributed by atoms with Gasteiger partial charge in [-0.05, 0) is 34.9 Å². The van der Waals surface area contributed by atoms with E-state index in [9.17, 15) is 4.79 Å². The number of aromatic nitrogens is 1. The van der Waals surface area contributed by atoms with Crippen LogP contribution in [0.15, 0.2) is 30.5 Å². The first kappa shape index (κ1) is 13.7. The first-order valence-corrected chi connectivity index (χ1v) is 6.73. The van der Waals surface area contributed by atoms with Crippen LogP contribution in [0, 0.1) is 11.3 Å². The molecule has 1 aromatic carbocycles. The largest absolute Gasteiger partial charge is 0.361 e. The third-order valence-electron chi connectivity index (χ3n) is 3.86. The summed E-state index contributed by atoms with van der Waals surface area (Å²) in [6.45, 7) is 9.43. The van der Waals surface area contributed by atoms with Crippen LogP contribution in [0.5, 0.6) is 0 Å². The molecule has 0 aliphatic carbocycles. The molecule has 0 radical (unpaired) electrons. The minimum atomic E-state index is -0.00685. The van der Waals surface area contributed by atoms with Crippen molar-refractivity contribution in [3.05, 3.63) is 36.0 Å². The topological polar surface area (TPSA) is 44.9 Å². The Labute approximate surface area is 114 Å². The number of fused-ring (bicyclic) bond motifs is 1. The SMILES string of the molecule is CC(CNC(=O)c1ccc2cc[nH]c2c1)C(C)(C)C. The molecule has 1 atom stereocenters. The molecule has 0 aliphatic rings. The lowest BCUT2D eigenvalue weighted by atomic mass is 9.82. The van der Waals surface area contributed by atoms with E-state index in [4.69, 9.17) is 0 Å². The van der Waals surface area contributed by atoms with E-state index >= 15 is 0 Å². The summed E-state index contributed by atoms with van der Waals surface area (Å²) >= 11 is 0. The van der Waals surface area contributed by atoms with Gasteiger partial charge in [-0.15, -0.1) is 0 Å². The maximum Gasteiger partial charge on any atom is 0.251 e. The average molecular weight is 258 g/mol. The van der Waals surface area contributed by atoms with Crippen molar-refractivity contribution < 1.29 is 4.79 Å². The van der Waals surface area contributed by atoms with Gasteiger partial charge in [-0.3, -0.25) is 4.79 Å². The number of benzene rings is 1. The fourth-order valence-corrected chi connectivity index (χ4v) is 1.84. The van der Waals surface area contributed by atoms with Gasteiger partial charge in [-0.1, -0.05) is 33.8 Å². The second-order valence-corrected chi connectivity index (χ2v) is 6.26. The molecule has 102 valence electrons. The predicted octanol–water partition coefficient (Wildman–Crippen LogP) is 3.58. The average Bonchev–Trinajstić information content (AvgIpc) is 2.81. The lowest BCUT2D eigenvalue weighted by Crippen LogP contribution is -2.33. The molecule has 0 saturated carbocycles. The van der Waals surface area contributed by atoms with Gasteiger partial charge in [-0.2, -0.15) is 0 Å². The fraction of sp³-hybridized carbons (Fsp3) is 0.438. The van der Waals surface area contributed by atoms with Gasteiger partial charge in [0.2, 0.25) is 0 Å². The monoisotopic (exact) mass is 258 g/mol. The van der Waals surface area contributed by atoms with Gasteiger partial charge < -0.3 is 10.3 Å². The van der Waals surface area contributed by atoms with Crippen LogP contribution in [-0.2, 0) is 0 Å². The summed E-state index contributed by atoms with van der Waals surface area (Å²) < 4.78 is 0. The van der Waals surface area contributed by atoms with Crippen molar-refractivity contribution in [3.8, 4) is 0 Å². The number of carbonyl (C=O) groups excluding carboxylic acids is 1. The molecule has 0 saturated heterocycles. The number of H-pyrrole nitrogens is 1. The van der Waals surface area contributed by atoms with E-state index in [0.29, 0.717) is 18.0 Å². The van der Waals surface area contributed by atoms with Crippen LogP contribution >= 0.6 is 0 Å². The number of hydrogen-bond acceptors (Lipinski definition) is 1. The molecular formula is C16H22N2O. The van der Waals surface area contributed by atoms with Crippen molar-refractivity contribution in [2.45, 2.75) is 27.7 Å². The summed E-state index contributed by atoms with van der Waals surface area (Å²) in [5, 5.41) is 4.13. The quantitative estimate of drug-likeness (QED) is 0.868. The lowest BCUT2D eigenvalue weighted by Gasteiger charge is -2.27. The molecule has 0 aliphatic heterocycles. The third-order valence-corrected chi connectivity index (χ3v) is 3.86. The van der Waals surface area contributed by atoms with Crippen LogP contribution in [-0.4, -0.2) is 17.4 Å². The van der Waals surface area contributed by atoms with Crippen molar-refractivity contribution in [3.63, 3.8) is 0 Å². The fourth-order valence-electron chi connectivity index (χ4n) is 1.84. The highest BCUT2D eigenvalue weighted by Crippen LogP contribution is 2.24. The van der Waals surface area contributed by atoms with Gasteiger partial charge in [0.1, 0.15) is 0 Å². The van der Waals surface area contributed by atoms with Crippen LogP contribution in [0.25, 0.3) is 10.9 Å². The van der Waals surface area contributed by atoms with E-state index in [2.05, 4.69) is 38.0 Å². The van der Waals surface area contributed by atoms with Crippen LogP contribution in [0.2, 0.25) is 0 Å². The van der Waals surface area contributed by atoms with Crippen molar-refractivity contribution in [1.82, 2.24) is 10.3 Å². The molecule has 3 nitrogen and oxygen atoms in total. The van der Waals surface area contributed by atoms with Gasteiger partial charge in [0.05, 0.1) is 0 Å². The lowest BCUT2D eigenvalue weighted by molar-refractivity contribution is 0.0937. The Morgan fingerprint density at radius 3 is 2.74 bits per heavy atom. The highest BCUT2D eigenvalue weighted by atomic mass is 16.1. The van der Waals surface area contributed by atoms with Crippen LogP contribution in [0.1, 0.15) is 38.1 Å². The van der Waals surface area contributed by atoms with Crippen molar-refractivity contribution in [1.29, 1.82) is 0 Å². The van der Waals surface area contributed by atoms with Crippen molar-refractivity contribution >= 4 is 16.8 Å². The van der Waals surface area contributed by atoms with Crippen molar-refractivity contribution in [2.75, 3.05) is 6.54 Å². The Kier molecular flexibility index (Phi) is 3.65. The number of aromatic amines is 1. The smallest absolute Gasteiger partial charge is 0.251 e. The molecule has 0 spiro atoms. The van der Waals surface area contributed by atoms with Gasteiger partial charge in [-0.25, -0.2) is 0 Å². The zero-order valence-corrected chi connectivity index (χ0v) is 12.1. The Morgan fingerprint density at radius 2 is 2.05 bits per heavy atom. The highest BCUT2D eigenvalue weighted by molar-refractivity contribution is 5.97. The number of rotatable bonds is 3. The Balaban J connectivity index is 2.03. The van der Waals surface area contributed by atoms with E-state index < -0.39 is 0 Å². The molecule has 3 heteroatoms. The second-order valence-electron chi connectivity index (χ2n) is 6.26.